The molecule has 1 aliphatic rings. The van der Waals surface area contributed by atoms with Crippen LogP contribution in [-0.4, -0.2) is 31.2 Å². The molecule has 3 aromatic rings. The van der Waals surface area contributed by atoms with Crippen molar-refractivity contribution in [3.8, 4) is 5.75 Å². The van der Waals surface area contributed by atoms with Gasteiger partial charge in [0.2, 0.25) is 0 Å². The van der Waals surface area contributed by atoms with E-state index in [0.717, 1.165) is 17.7 Å². The summed E-state index contributed by atoms with van der Waals surface area (Å²) in [6.45, 7) is 1.81. The number of urea groups is 1. The zero-order chi connectivity index (χ0) is 26.0. The molecule has 11 nitrogen and oxygen atoms in total. The molecule has 0 saturated carbocycles. The molecule has 4 rings (SSSR count). The van der Waals surface area contributed by atoms with Gasteiger partial charge in [0, 0.05) is 12.1 Å². The third-order valence-electron chi connectivity index (χ3n) is 5.09. The Kier molecular flexibility index (Phi) is 6.36. The molecule has 0 aromatic heterocycles. The van der Waals surface area contributed by atoms with Gasteiger partial charge < -0.3 is 4.18 Å². The number of aryl methyl sites for hydroxylation is 1. The average Bonchev–Trinajstić information content (AvgIpc) is 2.82. The Morgan fingerprint density at radius 3 is 2.36 bits per heavy atom. The monoisotopic (exact) mass is 507 g/mol. The van der Waals surface area contributed by atoms with E-state index in [4.69, 9.17) is 4.18 Å². The van der Waals surface area contributed by atoms with Crippen LogP contribution in [0.5, 0.6) is 5.75 Å². The van der Waals surface area contributed by atoms with Crippen LogP contribution in [0.1, 0.15) is 11.1 Å². The van der Waals surface area contributed by atoms with Crippen molar-refractivity contribution in [2.75, 3.05) is 4.90 Å². The Balaban J connectivity index is 1.64. The minimum absolute atomic E-state index is 0.0511. The van der Waals surface area contributed by atoms with Gasteiger partial charge >= 0.3 is 16.1 Å². The normalized spacial score (nSPS) is 15.1. The van der Waals surface area contributed by atoms with E-state index in [1.165, 1.54) is 54.6 Å². The van der Waals surface area contributed by atoms with Crippen LogP contribution in [-0.2, 0) is 19.7 Å². The molecule has 1 fully saturated rings. The molecule has 1 saturated heterocycles. The number of hydrogen-bond donors (Lipinski definition) is 1. The first-order chi connectivity index (χ1) is 17.0. The van der Waals surface area contributed by atoms with Crippen LogP contribution in [0.25, 0.3) is 6.08 Å². The van der Waals surface area contributed by atoms with Crippen LogP contribution in [0.4, 0.5) is 16.2 Å². The zero-order valence-corrected chi connectivity index (χ0v) is 19.4. The van der Waals surface area contributed by atoms with E-state index in [1.807, 2.05) is 12.2 Å². The van der Waals surface area contributed by atoms with Crippen molar-refractivity contribution in [2.45, 2.75) is 11.8 Å². The zero-order valence-electron chi connectivity index (χ0n) is 18.6. The average molecular weight is 507 g/mol. The van der Waals surface area contributed by atoms with Crippen molar-refractivity contribution >= 4 is 45.4 Å². The second-order valence-electron chi connectivity index (χ2n) is 7.66. The summed E-state index contributed by atoms with van der Waals surface area (Å²) < 4.78 is 30.3. The predicted molar refractivity (Wildman–Crippen MR) is 128 cm³/mol. The number of nitro benzene ring substituents is 1. The number of anilines is 1. The second-order valence-corrected chi connectivity index (χ2v) is 9.20. The predicted octanol–water partition coefficient (Wildman–Crippen LogP) is 3.34. The molecular formula is C24H17N3O8S. The molecule has 36 heavy (non-hydrogen) atoms. The number of amides is 4. The summed E-state index contributed by atoms with van der Waals surface area (Å²) in [4.78, 5) is 48.7. The molecule has 1 N–H and O–H groups in total. The maximum absolute atomic E-state index is 13.0. The molecule has 182 valence electrons. The molecule has 0 unspecified atom stereocenters. The third-order valence-corrected chi connectivity index (χ3v) is 6.35. The Morgan fingerprint density at radius 2 is 1.67 bits per heavy atom. The summed E-state index contributed by atoms with van der Waals surface area (Å²) in [6, 6.07) is 15.4. The fourth-order valence-corrected chi connectivity index (χ4v) is 4.26. The largest absolute Gasteiger partial charge is 0.379 e. The number of nitrogens with one attached hydrogen (secondary N) is 1. The molecule has 0 radical (unpaired) electrons. The Bertz CT molecular complexity index is 1550. The van der Waals surface area contributed by atoms with Gasteiger partial charge in [0.1, 0.15) is 16.2 Å². The van der Waals surface area contributed by atoms with Gasteiger partial charge in [0.15, 0.2) is 0 Å². The quantitative estimate of drug-likeness (QED) is 0.175. The van der Waals surface area contributed by atoms with Crippen LogP contribution in [0.3, 0.4) is 0 Å². The highest BCUT2D eigenvalue weighted by molar-refractivity contribution is 7.87. The van der Waals surface area contributed by atoms with Gasteiger partial charge in [-0.1, -0.05) is 35.9 Å². The first-order valence-corrected chi connectivity index (χ1v) is 11.7. The van der Waals surface area contributed by atoms with E-state index in [9.17, 15) is 32.9 Å². The van der Waals surface area contributed by atoms with Crippen molar-refractivity contribution in [1.82, 2.24) is 5.32 Å². The van der Waals surface area contributed by atoms with Crippen LogP contribution in [0.15, 0.2) is 83.3 Å². The topological polar surface area (TPSA) is 153 Å². The summed E-state index contributed by atoms with van der Waals surface area (Å²) >= 11 is 0. The first kappa shape index (κ1) is 24.3. The molecule has 0 atom stereocenters. The lowest BCUT2D eigenvalue weighted by atomic mass is 10.1. The highest BCUT2D eigenvalue weighted by atomic mass is 32.2. The lowest BCUT2D eigenvalue weighted by Gasteiger charge is -2.26. The minimum atomic E-state index is -4.14. The lowest BCUT2D eigenvalue weighted by Crippen LogP contribution is -2.54. The van der Waals surface area contributed by atoms with E-state index in [1.54, 1.807) is 12.1 Å². The van der Waals surface area contributed by atoms with E-state index in [-0.39, 0.29) is 27.6 Å². The second kappa shape index (κ2) is 9.43. The summed E-state index contributed by atoms with van der Waals surface area (Å²) in [7, 11) is -4.14. The molecule has 0 aliphatic carbocycles. The van der Waals surface area contributed by atoms with Crippen LogP contribution < -0.4 is 14.4 Å². The van der Waals surface area contributed by atoms with Crippen molar-refractivity contribution < 1.29 is 31.9 Å². The minimum Gasteiger partial charge on any atom is -0.379 e. The summed E-state index contributed by atoms with van der Waals surface area (Å²) in [6.07, 6.45) is 1.15. The van der Waals surface area contributed by atoms with Crippen molar-refractivity contribution in [3.05, 3.63) is 99.6 Å². The maximum Gasteiger partial charge on any atom is 0.339 e. The number of nitro groups is 1. The maximum atomic E-state index is 13.0. The van der Waals surface area contributed by atoms with Gasteiger partial charge in [-0.2, -0.15) is 8.42 Å². The van der Waals surface area contributed by atoms with Gasteiger partial charge in [0.05, 0.1) is 10.6 Å². The summed E-state index contributed by atoms with van der Waals surface area (Å²) in [5.41, 5.74) is 0.204. The lowest BCUT2D eigenvalue weighted by molar-refractivity contribution is -0.384. The summed E-state index contributed by atoms with van der Waals surface area (Å²) in [5.74, 6) is -2.06. The number of carbonyl (C=O) groups excluding carboxylic acids is 3. The van der Waals surface area contributed by atoms with Gasteiger partial charge in [-0.05, 0) is 48.9 Å². The number of imide groups is 2. The number of carbonyl (C=O) groups is 3. The van der Waals surface area contributed by atoms with E-state index < -0.39 is 38.5 Å². The van der Waals surface area contributed by atoms with E-state index in [2.05, 4.69) is 0 Å². The van der Waals surface area contributed by atoms with Crippen molar-refractivity contribution in [1.29, 1.82) is 0 Å². The fourth-order valence-electron chi connectivity index (χ4n) is 3.34. The van der Waals surface area contributed by atoms with E-state index >= 15 is 0 Å². The molecule has 0 spiro atoms. The number of barbiturate groups is 1. The molecular weight excluding hydrogens is 490 g/mol. The van der Waals surface area contributed by atoms with Crippen LogP contribution >= 0.6 is 0 Å². The molecule has 1 heterocycles. The first-order valence-electron chi connectivity index (χ1n) is 10.3. The molecule has 4 amide bonds. The Morgan fingerprint density at radius 1 is 0.972 bits per heavy atom. The van der Waals surface area contributed by atoms with Gasteiger partial charge in [-0.25, -0.2) is 9.69 Å². The number of hydrogen-bond acceptors (Lipinski definition) is 8. The fraction of sp³-hybridized carbons (Fsp3) is 0.0417. The van der Waals surface area contributed by atoms with Gasteiger partial charge in [0.25, 0.3) is 17.5 Å². The van der Waals surface area contributed by atoms with Crippen molar-refractivity contribution in [2.24, 2.45) is 0 Å². The standard InChI is InChI=1S/C24H17N3O8S/c1-15-8-10-20(11-9-15)36(33,34)35-19-7-2-4-16(12-19)13-21-22(28)25-24(30)26(23(21)29)17-5-3-6-18(14-17)27(31)32/h2-14H,1H3,(H,25,28,30)/b21-13-. The molecule has 1 aliphatic heterocycles. The molecule has 12 heteroatoms. The molecule has 3 aromatic carbocycles. The van der Waals surface area contributed by atoms with Crippen LogP contribution in [0, 0.1) is 17.0 Å². The highest BCUT2D eigenvalue weighted by Gasteiger charge is 2.37. The number of benzene rings is 3. The SMILES string of the molecule is Cc1ccc(S(=O)(=O)Oc2cccc(/C=C3/C(=O)NC(=O)N(c4cccc([N+](=O)[O-])c4)C3=O)c2)cc1. The highest BCUT2D eigenvalue weighted by Crippen LogP contribution is 2.26. The Hall–Kier alpha value is -4.84. The van der Waals surface area contributed by atoms with Gasteiger partial charge in [-0.15, -0.1) is 0 Å². The molecule has 0 bridgehead atoms. The number of rotatable bonds is 6. The van der Waals surface area contributed by atoms with Crippen molar-refractivity contribution in [3.63, 3.8) is 0 Å². The Labute approximate surface area is 204 Å². The summed E-state index contributed by atoms with van der Waals surface area (Å²) in [5, 5.41) is 13.1. The van der Waals surface area contributed by atoms with Crippen LogP contribution in [0.2, 0.25) is 0 Å². The smallest absolute Gasteiger partial charge is 0.339 e. The third kappa shape index (κ3) is 4.98. The van der Waals surface area contributed by atoms with Gasteiger partial charge in [-0.3, -0.25) is 25.0 Å². The number of non-ortho nitro benzene ring substituents is 1. The van der Waals surface area contributed by atoms with E-state index in [0.29, 0.717) is 4.90 Å². The number of nitrogens with zero attached hydrogens (tertiary/aromatic N) is 2.